The number of amides is 1. The maximum atomic E-state index is 11.3. The van der Waals surface area contributed by atoms with Gasteiger partial charge in [-0.3, -0.25) is 4.79 Å². The summed E-state index contributed by atoms with van der Waals surface area (Å²) in [5, 5.41) is 6.14. The lowest BCUT2D eigenvalue weighted by atomic mass is 10.0. The highest BCUT2D eigenvalue weighted by Gasteiger charge is 2.15. The van der Waals surface area contributed by atoms with Gasteiger partial charge in [-0.05, 0) is 43.7 Å². The van der Waals surface area contributed by atoms with Crippen LogP contribution in [0.3, 0.4) is 0 Å². The molecule has 0 fully saturated rings. The first-order valence-electron chi connectivity index (χ1n) is 6.95. The van der Waals surface area contributed by atoms with Crippen molar-refractivity contribution >= 4 is 11.6 Å². The van der Waals surface area contributed by atoms with Gasteiger partial charge in [0.15, 0.2) is 0 Å². The largest absolute Gasteiger partial charge is 0.492 e. The Morgan fingerprint density at radius 1 is 1.42 bits per heavy atom. The van der Waals surface area contributed by atoms with Crippen molar-refractivity contribution in [3.05, 3.63) is 23.8 Å². The van der Waals surface area contributed by atoms with Gasteiger partial charge >= 0.3 is 0 Å². The second-order valence-electron chi connectivity index (χ2n) is 4.95. The van der Waals surface area contributed by atoms with Gasteiger partial charge < -0.3 is 15.4 Å². The second-order valence-corrected chi connectivity index (χ2v) is 4.95. The molecule has 104 valence electrons. The third-order valence-corrected chi connectivity index (χ3v) is 3.47. The van der Waals surface area contributed by atoms with E-state index in [0.717, 1.165) is 36.3 Å². The summed E-state index contributed by atoms with van der Waals surface area (Å²) in [6.45, 7) is 2.85. The van der Waals surface area contributed by atoms with Crippen LogP contribution in [0.1, 0.15) is 31.7 Å². The van der Waals surface area contributed by atoms with Crippen LogP contribution in [0.4, 0.5) is 5.69 Å². The molecule has 0 bridgehead atoms. The molecule has 1 aliphatic rings. The third-order valence-electron chi connectivity index (χ3n) is 3.47. The second kappa shape index (κ2) is 6.57. The van der Waals surface area contributed by atoms with Crippen LogP contribution in [0.25, 0.3) is 0 Å². The van der Waals surface area contributed by atoms with E-state index in [4.69, 9.17) is 4.74 Å². The minimum atomic E-state index is 0.0966. The topological polar surface area (TPSA) is 50.4 Å². The molecule has 0 spiro atoms. The van der Waals surface area contributed by atoms with Crippen LogP contribution in [-0.4, -0.2) is 25.6 Å². The van der Waals surface area contributed by atoms with Crippen LogP contribution >= 0.6 is 0 Å². The van der Waals surface area contributed by atoms with Gasteiger partial charge in [-0.1, -0.05) is 13.3 Å². The molecule has 1 aromatic carbocycles. The van der Waals surface area contributed by atoms with E-state index in [0.29, 0.717) is 19.1 Å². The number of anilines is 1. The van der Waals surface area contributed by atoms with Crippen LogP contribution in [0.5, 0.6) is 5.75 Å². The lowest BCUT2D eigenvalue weighted by Gasteiger charge is -2.19. The molecule has 4 nitrogen and oxygen atoms in total. The molecule has 0 radical (unpaired) electrons. The van der Waals surface area contributed by atoms with E-state index < -0.39 is 0 Å². The number of aryl methyl sites for hydroxylation is 1. The zero-order valence-corrected chi connectivity index (χ0v) is 11.7. The van der Waals surface area contributed by atoms with Crippen molar-refractivity contribution in [2.45, 2.75) is 38.6 Å². The summed E-state index contributed by atoms with van der Waals surface area (Å²) in [5.74, 6) is 0.977. The molecule has 0 saturated carbocycles. The number of likely N-dealkylation sites (N-methyl/N-ethyl adjacent to an activating group) is 1. The number of hydrogen-bond donors (Lipinski definition) is 2. The van der Waals surface area contributed by atoms with E-state index in [-0.39, 0.29) is 5.91 Å². The highest BCUT2D eigenvalue weighted by molar-refractivity contribution is 5.93. The molecule has 1 aromatic rings. The normalized spacial score (nSPS) is 15.6. The van der Waals surface area contributed by atoms with Crippen molar-refractivity contribution in [3.8, 4) is 5.75 Å². The first kappa shape index (κ1) is 13.9. The highest BCUT2D eigenvalue weighted by Crippen LogP contribution is 2.26. The maximum absolute atomic E-state index is 11.3. The number of benzene rings is 1. The first-order valence-corrected chi connectivity index (χ1v) is 6.95. The number of carbonyl (C=O) groups excluding carboxylic acids is 1. The predicted molar refractivity (Wildman–Crippen MR) is 76.6 cm³/mol. The van der Waals surface area contributed by atoms with E-state index in [1.165, 1.54) is 0 Å². The molecule has 1 amide bonds. The van der Waals surface area contributed by atoms with Gasteiger partial charge in [-0.25, -0.2) is 0 Å². The Morgan fingerprint density at radius 3 is 3.00 bits per heavy atom. The van der Waals surface area contributed by atoms with Crippen LogP contribution in [0.15, 0.2) is 18.2 Å². The monoisotopic (exact) mass is 262 g/mol. The lowest BCUT2D eigenvalue weighted by Crippen LogP contribution is -2.31. The predicted octanol–water partition coefficient (Wildman–Crippen LogP) is 2.34. The van der Waals surface area contributed by atoms with Gasteiger partial charge in [-0.2, -0.15) is 0 Å². The van der Waals surface area contributed by atoms with Crippen LogP contribution in [0.2, 0.25) is 0 Å². The Labute approximate surface area is 114 Å². The number of rotatable bonds is 6. The minimum absolute atomic E-state index is 0.0966. The Balaban J connectivity index is 1.96. The SMILES string of the molecule is CCCC(COc1ccc2c(c1)CCC(=O)N2)NC. The van der Waals surface area contributed by atoms with E-state index in [2.05, 4.69) is 17.6 Å². The fourth-order valence-electron chi connectivity index (χ4n) is 2.31. The smallest absolute Gasteiger partial charge is 0.224 e. The molecule has 4 heteroatoms. The number of nitrogens with one attached hydrogen (secondary N) is 2. The van der Waals surface area contributed by atoms with Crippen molar-refractivity contribution in [2.24, 2.45) is 0 Å². The van der Waals surface area contributed by atoms with Crippen molar-refractivity contribution in [1.29, 1.82) is 0 Å². The average molecular weight is 262 g/mol. The third kappa shape index (κ3) is 3.70. The molecule has 19 heavy (non-hydrogen) atoms. The molecule has 2 rings (SSSR count). The lowest BCUT2D eigenvalue weighted by molar-refractivity contribution is -0.116. The van der Waals surface area contributed by atoms with Crippen molar-refractivity contribution in [3.63, 3.8) is 0 Å². The summed E-state index contributed by atoms with van der Waals surface area (Å²) < 4.78 is 5.83. The molecule has 1 unspecified atom stereocenters. The Kier molecular flexibility index (Phi) is 4.80. The standard InChI is InChI=1S/C15H22N2O2/c1-3-4-12(16-2)10-19-13-6-7-14-11(9-13)5-8-15(18)17-14/h6-7,9,12,16H,3-5,8,10H2,1-2H3,(H,17,18). The summed E-state index contributed by atoms with van der Waals surface area (Å²) in [7, 11) is 1.96. The van der Waals surface area contributed by atoms with Crippen LogP contribution < -0.4 is 15.4 Å². The van der Waals surface area contributed by atoms with Crippen molar-refractivity contribution in [1.82, 2.24) is 5.32 Å². The quantitative estimate of drug-likeness (QED) is 0.827. The summed E-state index contributed by atoms with van der Waals surface area (Å²) in [4.78, 5) is 11.3. The van der Waals surface area contributed by atoms with Crippen molar-refractivity contribution in [2.75, 3.05) is 19.0 Å². The Bertz CT molecular complexity index is 446. The van der Waals surface area contributed by atoms with E-state index >= 15 is 0 Å². The summed E-state index contributed by atoms with van der Waals surface area (Å²) in [6, 6.07) is 6.27. The fraction of sp³-hybridized carbons (Fsp3) is 0.533. The Hall–Kier alpha value is -1.55. The summed E-state index contributed by atoms with van der Waals surface area (Å²) >= 11 is 0. The number of ether oxygens (including phenoxy) is 1. The molecule has 0 aliphatic carbocycles. The first-order chi connectivity index (χ1) is 9.22. The number of carbonyl (C=O) groups is 1. The molecule has 2 N–H and O–H groups in total. The van der Waals surface area contributed by atoms with E-state index in [1.54, 1.807) is 0 Å². The van der Waals surface area contributed by atoms with E-state index in [1.807, 2.05) is 25.2 Å². The minimum Gasteiger partial charge on any atom is -0.492 e. The molecule has 0 aromatic heterocycles. The van der Waals surface area contributed by atoms with Gasteiger partial charge in [0.2, 0.25) is 5.91 Å². The van der Waals surface area contributed by atoms with Crippen molar-refractivity contribution < 1.29 is 9.53 Å². The fourth-order valence-corrected chi connectivity index (χ4v) is 2.31. The molecule has 1 aliphatic heterocycles. The van der Waals surface area contributed by atoms with Gasteiger partial charge in [0, 0.05) is 18.2 Å². The van der Waals surface area contributed by atoms with Gasteiger partial charge in [-0.15, -0.1) is 0 Å². The molecule has 1 atom stereocenters. The van der Waals surface area contributed by atoms with Crippen LogP contribution in [0, 0.1) is 0 Å². The van der Waals surface area contributed by atoms with Gasteiger partial charge in [0.1, 0.15) is 12.4 Å². The maximum Gasteiger partial charge on any atom is 0.224 e. The molecular weight excluding hydrogens is 240 g/mol. The highest BCUT2D eigenvalue weighted by atomic mass is 16.5. The van der Waals surface area contributed by atoms with Gasteiger partial charge in [0.05, 0.1) is 0 Å². The number of fused-ring (bicyclic) bond motifs is 1. The number of hydrogen-bond acceptors (Lipinski definition) is 3. The van der Waals surface area contributed by atoms with E-state index in [9.17, 15) is 4.79 Å². The zero-order chi connectivity index (χ0) is 13.7. The summed E-state index contributed by atoms with van der Waals surface area (Å²) in [6.07, 6.45) is 3.61. The molecular formula is C15H22N2O2. The Morgan fingerprint density at radius 2 is 2.26 bits per heavy atom. The van der Waals surface area contributed by atoms with Crippen LogP contribution in [-0.2, 0) is 11.2 Å². The molecule has 1 heterocycles. The summed E-state index contributed by atoms with van der Waals surface area (Å²) in [5.41, 5.74) is 2.08. The average Bonchev–Trinajstić information content (AvgIpc) is 2.43. The van der Waals surface area contributed by atoms with Gasteiger partial charge in [0.25, 0.3) is 0 Å². The molecule has 0 saturated heterocycles. The zero-order valence-electron chi connectivity index (χ0n) is 11.7.